The van der Waals surface area contributed by atoms with E-state index < -0.39 is 34.4 Å². The van der Waals surface area contributed by atoms with E-state index in [-0.39, 0.29) is 50.6 Å². The molecule has 6 rings (SSSR count). The van der Waals surface area contributed by atoms with E-state index in [0.717, 1.165) is 35.6 Å². The predicted molar refractivity (Wildman–Crippen MR) is 197 cm³/mol. The summed E-state index contributed by atoms with van der Waals surface area (Å²) in [5, 5.41) is 9.74. The summed E-state index contributed by atoms with van der Waals surface area (Å²) in [5.41, 5.74) is 3.37. The highest BCUT2D eigenvalue weighted by atomic mass is 19.2. The lowest BCUT2D eigenvalue weighted by molar-refractivity contribution is -0.763. The van der Waals surface area contributed by atoms with E-state index >= 15 is 0 Å². The Balaban J connectivity index is 1.17. The molecule has 0 saturated heterocycles. The first-order valence-electron chi connectivity index (χ1n) is 18.1. The number of ether oxygens (including phenoxy) is 4. The summed E-state index contributed by atoms with van der Waals surface area (Å²) in [6.07, 6.45) is 2.27. The van der Waals surface area contributed by atoms with Crippen LogP contribution < -0.4 is 18.9 Å². The van der Waals surface area contributed by atoms with Gasteiger partial charge in [0.05, 0.1) is 26.8 Å². The molecular weight excluding hydrogens is 735 g/mol. The zero-order valence-corrected chi connectivity index (χ0v) is 30.6. The molecule has 1 aliphatic carbocycles. The van der Waals surface area contributed by atoms with Gasteiger partial charge in [0.15, 0.2) is 17.4 Å². The van der Waals surface area contributed by atoms with Gasteiger partial charge in [-0.2, -0.15) is 4.39 Å². The molecule has 0 aromatic heterocycles. The molecule has 0 N–H and O–H groups in total. The molecule has 4 aromatic carbocycles. The molecule has 0 spiro atoms. The number of carbonyl (C=O) groups is 2. The predicted octanol–water partition coefficient (Wildman–Crippen LogP) is 7.56. The van der Waals surface area contributed by atoms with Gasteiger partial charge in [0.25, 0.3) is 11.0 Å². The second-order valence-corrected chi connectivity index (χ2v) is 13.2. The van der Waals surface area contributed by atoms with Crippen molar-refractivity contribution >= 4 is 17.6 Å². The molecule has 0 bridgehead atoms. The van der Waals surface area contributed by atoms with E-state index in [2.05, 4.69) is 4.84 Å². The van der Waals surface area contributed by atoms with Crippen LogP contribution >= 0.6 is 0 Å². The molecule has 1 fully saturated rings. The lowest BCUT2D eigenvalue weighted by Gasteiger charge is -2.33. The summed E-state index contributed by atoms with van der Waals surface area (Å²) < 4.78 is 63.5. The van der Waals surface area contributed by atoms with Gasteiger partial charge in [-0.25, -0.2) is 13.6 Å². The molecule has 15 heteroatoms. The van der Waals surface area contributed by atoms with Gasteiger partial charge in [0.1, 0.15) is 30.5 Å². The number of hydrogen-bond acceptors (Lipinski definition) is 9. The van der Waals surface area contributed by atoms with Crippen LogP contribution in [-0.2, 0) is 22.7 Å². The Morgan fingerprint density at radius 1 is 0.875 bits per heavy atom. The van der Waals surface area contributed by atoms with Gasteiger partial charge in [-0.3, -0.25) is 4.79 Å². The number of aryl methyl sites for hydroxylation is 1. The highest BCUT2D eigenvalue weighted by molar-refractivity contribution is 6.03. The smallest absolute Gasteiger partial charge is 0.415 e. The zero-order valence-electron chi connectivity index (χ0n) is 30.6. The van der Waals surface area contributed by atoms with Crippen LogP contribution in [0.15, 0.2) is 90.5 Å². The first-order chi connectivity index (χ1) is 27.1. The second kappa shape index (κ2) is 18.4. The molecule has 0 radical (unpaired) electrons. The minimum Gasteiger partial charge on any atom is -0.497 e. The van der Waals surface area contributed by atoms with Gasteiger partial charge >= 0.3 is 6.09 Å². The number of methoxy groups -OCH3 is 1. The van der Waals surface area contributed by atoms with E-state index in [1.165, 1.54) is 11.0 Å². The van der Waals surface area contributed by atoms with Crippen molar-refractivity contribution in [1.82, 2.24) is 9.80 Å². The molecule has 1 heterocycles. The van der Waals surface area contributed by atoms with Crippen LogP contribution in [-0.4, -0.2) is 72.9 Å². The Hall–Kier alpha value is -6.25. The van der Waals surface area contributed by atoms with Crippen molar-refractivity contribution in [3.05, 3.63) is 135 Å². The molecule has 4 aromatic rings. The number of halogens is 3. The SMILES string of the molecule is COc1ccc(OCCN(C(=O)C2=C(c3ccc(CCCOc4c(F)ccc(F)c4F)cc3)CCN(C(=O)Oc3cccc(CO[N+](=O)[O-])c3)C2)C2CC2)cc1. The van der Waals surface area contributed by atoms with Crippen molar-refractivity contribution in [2.45, 2.75) is 44.8 Å². The molecule has 2 aliphatic rings. The van der Waals surface area contributed by atoms with E-state index in [0.29, 0.717) is 54.5 Å². The van der Waals surface area contributed by atoms with Crippen molar-refractivity contribution in [2.75, 3.05) is 40.0 Å². The van der Waals surface area contributed by atoms with Crippen LogP contribution in [0.2, 0.25) is 0 Å². The normalized spacial score (nSPS) is 13.9. The van der Waals surface area contributed by atoms with Crippen molar-refractivity contribution in [3.8, 4) is 23.0 Å². The molecule has 2 amide bonds. The lowest BCUT2D eigenvalue weighted by Crippen LogP contribution is -2.45. The number of nitrogens with zero attached hydrogens (tertiary/aromatic N) is 3. The largest absolute Gasteiger partial charge is 0.497 e. The molecule has 0 atom stereocenters. The third-order valence-corrected chi connectivity index (χ3v) is 9.37. The fraction of sp³-hybridized carbons (Fsp3) is 0.317. The van der Waals surface area contributed by atoms with E-state index in [1.54, 1.807) is 54.5 Å². The maximum atomic E-state index is 14.5. The van der Waals surface area contributed by atoms with Crippen LogP contribution in [0.5, 0.6) is 23.0 Å². The van der Waals surface area contributed by atoms with Crippen LogP contribution in [0, 0.1) is 27.6 Å². The summed E-state index contributed by atoms with van der Waals surface area (Å²) in [5.74, 6) is -3.00. The Morgan fingerprint density at radius 3 is 2.32 bits per heavy atom. The first kappa shape index (κ1) is 39.4. The highest BCUT2D eigenvalue weighted by Crippen LogP contribution is 2.34. The summed E-state index contributed by atoms with van der Waals surface area (Å²) >= 11 is 0. The fourth-order valence-corrected chi connectivity index (χ4v) is 6.33. The zero-order chi connectivity index (χ0) is 39.6. The summed E-state index contributed by atoms with van der Waals surface area (Å²) in [7, 11) is 1.58. The average molecular weight is 776 g/mol. The van der Waals surface area contributed by atoms with E-state index in [9.17, 15) is 32.9 Å². The number of amides is 2. The van der Waals surface area contributed by atoms with Gasteiger partial charge in [0, 0.05) is 18.2 Å². The number of rotatable bonds is 17. The van der Waals surface area contributed by atoms with Gasteiger partial charge in [-0.1, -0.05) is 36.4 Å². The second-order valence-electron chi connectivity index (χ2n) is 13.2. The van der Waals surface area contributed by atoms with Crippen LogP contribution in [0.3, 0.4) is 0 Å². The fourth-order valence-electron chi connectivity index (χ4n) is 6.33. The summed E-state index contributed by atoms with van der Waals surface area (Å²) in [6.45, 7) is 0.451. The van der Waals surface area contributed by atoms with Gasteiger partial charge in [0.2, 0.25) is 5.82 Å². The molecule has 0 unspecified atom stereocenters. The average Bonchev–Trinajstić information content (AvgIpc) is 4.06. The van der Waals surface area contributed by atoms with Crippen molar-refractivity contribution in [3.63, 3.8) is 0 Å². The molecule has 294 valence electrons. The number of carbonyl (C=O) groups excluding carboxylic acids is 2. The Labute approximate surface area is 321 Å². The maximum absolute atomic E-state index is 14.5. The number of benzene rings is 4. The van der Waals surface area contributed by atoms with Crippen LogP contribution in [0.1, 0.15) is 42.4 Å². The third kappa shape index (κ3) is 10.3. The minimum absolute atomic E-state index is 0.0219. The van der Waals surface area contributed by atoms with Crippen molar-refractivity contribution in [1.29, 1.82) is 0 Å². The van der Waals surface area contributed by atoms with Crippen LogP contribution in [0.25, 0.3) is 5.57 Å². The van der Waals surface area contributed by atoms with Crippen molar-refractivity contribution < 1.29 is 51.6 Å². The Morgan fingerprint density at radius 2 is 1.61 bits per heavy atom. The number of hydrogen-bond donors (Lipinski definition) is 0. The van der Waals surface area contributed by atoms with Crippen LogP contribution in [0.4, 0.5) is 18.0 Å². The lowest BCUT2D eigenvalue weighted by atomic mass is 9.91. The van der Waals surface area contributed by atoms with Gasteiger partial charge in [-0.05, 0) is 103 Å². The Kier molecular flexibility index (Phi) is 13.0. The Bertz CT molecular complexity index is 2060. The minimum atomic E-state index is -1.37. The summed E-state index contributed by atoms with van der Waals surface area (Å²) in [6, 6.07) is 22.5. The highest BCUT2D eigenvalue weighted by Gasteiger charge is 2.37. The van der Waals surface area contributed by atoms with E-state index in [1.807, 2.05) is 24.3 Å². The molecular formula is C41H40F3N3O9. The summed E-state index contributed by atoms with van der Waals surface area (Å²) in [4.78, 5) is 46.3. The molecule has 12 nitrogen and oxygen atoms in total. The third-order valence-electron chi connectivity index (χ3n) is 9.37. The van der Waals surface area contributed by atoms with E-state index in [4.69, 9.17) is 18.9 Å². The molecule has 56 heavy (non-hydrogen) atoms. The quantitative estimate of drug-likeness (QED) is 0.0462. The molecule has 1 saturated carbocycles. The van der Waals surface area contributed by atoms with Crippen molar-refractivity contribution in [2.24, 2.45) is 0 Å². The molecule has 1 aliphatic heterocycles. The standard InChI is InChI=1S/C41H40F3N3O9/c1-52-31-13-15-32(16-14-31)53-23-21-46(30-11-12-30)40(48)35-25-45(41(49)56-33-6-2-4-28(24-33)26-55-47(50)51)20-19-34(35)29-9-7-27(8-10-29)5-3-22-54-39-37(43)18-17-36(42)38(39)44/h2,4,6-10,13-18,24,30H,3,5,11-12,19-23,25-26H2,1H3. The van der Waals surface area contributed by atoms with Gasteiger partial charge < -0.3 is 33.6 Å². The topological polar surface area (TPSA) is 130 Å². The first-order valence-corrected chi connectivity index (χ1v) is 18.1. The monoisotopic (exact) mass is 775 g/mol. The van der Waals surface area contributed by atoms with Gasteiger partial charge in [-0.15, -0.1) is 10.1 Å². The maximum Gasteiger partial charge on any atom is 0.415 e.